The molecule has 1 aliphatic carbocycles. The van der Waals surface area contributed by atoms with Gasteiger partial charge in [-0.05, 0) is 30.9 Å². The number of nitrogens with one attached hydrogen (secondary N) is 2. The van der Waals surface area contributed by atoms with Gasteiger partial charge >= 0.3 is 0 Å². The van der Waals surface area contributed by atoms with Crippen LogP contribution in [-0.2, 0) is 20.8 Å². The van der Waals surface area contributed by atoms with Crippen LogP contribution < -0.4 is 10.6 Å². The lowest BCUT2D eigenvalue weighted by Gasteiger charge is -2.20. The Morgan fingerprint density at radius 1 is 1.10 bits per heavy atom. The highest BCUT2D eigenvalue weighted by molar-refractivity contribution is 6.05. The fourth-order valence-electron chi connectivity index (χ4n) is 3.43. The number of benzene rings is 2. The summed E-state index contributed by atoms with van der Waals surface area (Å²) in [6.07, 6.45) is 2.09. The standard InChI is InChI=1S/C23H25N3O3/c1-15-7-5-6-10-18(15)19-14-21(29-26-19)23(28)25-20(22(27)24-17-11-12-17)13-16-8-3-2-4-9-16/h2-10,17,20-21H,11-14H2,1H3,(H,24,27)(H,25,28)/t20-,21+/m1/s1. The van der Waals surface area contributed by atoms with Gasteiger partial charge in [-0.3, -0.25) is 9.59 Å². The monoisotopic (exact) mass is 391 g/mol. The highest BCUT2D eigenvalue weighted by atomic mass is 16.6. The first-order valence-corrected chi connectivity index (χ1v) is 10.0. The van der Waals surface area contributed by atoms with Gasteiger partial charge in [0.05, 0.1) is 5.71 Å². The quantitative estimate of drug-likeness (QED) is 0.761. The SMILES string of the molecule is Cc1ccccc1C1=NO[C@H](C(=O)N[C@H](Cc2ccccc2)C(=O)NC2CC2)C1. The van der Waals surface area contributed by atoms with E-state index in [4.69, 9.17) is 4.84 Å². The van der Waals surface area contributed by atoms with Crippen molar-refractivity contribution in [2.45, 2.75) is 50.8 Å². The third-order valence-electron chi connectivity index (χ3n) is 5.26. The second-order valence-corrected chi connectivity index (χ2v) is 7.68. The van der Waals surface area contributed by atoms with Crippen LogP contribution in [0, 0.1) is 6.92 Å². The Balaban J connectivity index is 1.41. The van der Waals surface area contributed by atoms with Crippen LogP contribution >= 0.6 is 0 Å². The van der Waals surface area contributed by atoms with E-state index < -0.39 is 12.1 Å². The first-order chi connectivity index (χ1) is 14.1. The van der Waals surface area contributed by atoms with Crippen molar-refractivity contribution >= 4 is 17.5 Å². The molecule has 0 spiro atoms. The Bertz CT molecular complexity index is 922. The van der Waals surface area contributed by atoms with Gasteiger partial charge in [0.2, 0.25) is 12.0 Å². The van der Waals surface area contributed by atoms with Gasteiger partial charge in [0.25, 0.3) is 5.91 Å². The van der Waals surface area contributed by atoms with E-state index in [1.807, 2.05) is 61.5 Å². The summed E-state index contributed by atoms with van der Waals surface area (Å²) in [6.45, 7) is 2.00. The molecule has 0 bridgehead atoms. The number of carbonyl (C=O) groups excluding carboxylic acids is 2. The Labute approximate surface area is 170 Å². The molecule has 0 unspecified atom stereocenters. The molecule has 1 fully saturated rings. The zero-order valence-electron chi connectivity index (χ0n) is 16.4. The van der Waals surface area contributed by atoms with Crippen LogP contribution in [0.2, 0.25) is 0 Å². The third kappa shape index (κ3) is 4.83. The Hall–Kier alpha value is -3.15. The van der Waals surface area contributed by atoms with E-state index in [1.165, 1.54) is 0 Å². The lowest BCUT2D eigenvalue weighted by molar-refractivity contribution is -0.135. The summed E-state index contributed by atoms with van der Waals surface area (Å²) >= 11 is 0. The van der Waals surface area contributed by atoms with Crippen molar-refractivity contribution in [2.75, 3.05) is 0 Å². The number of hydrogen-bond acceptors (Lipinski definition) is 4. The number of oxime groups is 1. The number of amides is 2. The Kier molecular flexibility index (Phi) is 5.60. The first kappa shape index (κ1) is 19.2. The van der Waals surface area contributed by atoms with Crippen molar-refractivity contribution in [3.63, 3.8) is 0 Å². The zero-order chi connectivity index (χ0) is 20.2. The number of aryl methyl sites for hydroxylation is 1. The van der Waals surface area contributed by atoms with Crippen LogP contribution in [0.5, 0.6) is 0 Å². The zero-order valence-corrected chi connectivity index (χ0v) is 16.4. The van der Waals surface area contributed by atoms with Gasteiger partial charge in [-0.15, -0.1) is 0 Å². The number of nitrogens with zero attached hydrogens (tertiary/aromatic N) is 1. The fraction of sp³-hybridized carbons (Fsp3) is 0.348. The maximum absolute atomic E-state index is 12.8. The number of rotatable bonds is 7. The number of hydrogen-bond donors (Lipinski definition) is 2. The molecule has 2 aromatic rings. The molecular formula is C23H25N3O3. The van der Waals surface area contributed by atoms with E-state index in [1.54, 1.807) is 0 Å². The first-order valence-electron chi connectivity index (χ1n) is 10.0. The molecule has 2 aliphatic rings. The largest absolute Gasteiger partial charge is 0.382 e. The molecule has 2 amide bonds. The molecule has 6 heteroatoms. The molecular weight excluding hydrogens is 366 g/mol. The highest BCUT2D eigenvalue weighted by Gasteiger charge is 2.34. The predicted octanol–water partition coefficient (Wildman–Crippen LogP) is 2.49. The van der Waals surface area contributed by atoms with Crippen molar-refractivity contribution in [2.24, 2.45) is 5.16 Å². The molecule has 0 saturated heterocycles. The van der Waals surface area contributed by atoms with Gasteiger partial charge in [-0.1, -0.05) is 59.8 Å². The molecule has 1 saturated carbocycles. The van der Waals surface area contributed by atoms with Crippen LogP contribution in [-0.4, -0.2) is 35.7 Å². The molecule has 2 atom stereocenters. The van der Waals surface area contributed by atoms with Crippen LogP contribution in [0.15, 0.2) is 59.8 Å². The maximum Gasteiger partial charge on any atom is 0.265 e. The normalized spacial score (nSPS) is 19.1. The second-order valence-electron chi connectivity index (χ2n) is 7.68. The smallest absolute Gasteiger partial charge is 0.265 e. The second kappa shape index (κ2) is 8.47. The van der Waals surface area contributed by atoms with E-state index in [0.717, 1.165) is 35.2 Å². The lowest BCUT2D eigenvalue weighted by Crippen LogP contribution is -2.51. The van der Waals surface area contributed by atoms with Crippen molar-refractivity contribution in [3.8, 4) is 0 Å². The Morgan fingerprint density at radius 2 is 1.83 bits per heavy atom. The molecule has 29 heavy (non-hydrogen) atoms. The van der Waals surface area contributed by atoms with Crippen molar-refractivity contribution in [3.05, 3.63) is 71.3 Å². The van der Waals surface area contributed by atoms with E-state index >= 15 is 0 Å². The summed E-state index contributed by atoms with van der Waals surface area (Å²) in [5.41, 5.74) is 3.81. The van der Waals surface area contributed by atoms with E-state index in [2.05, 4.69) is 15.8 Å². The summed E-state index contributed by atoms with van der Waals surface area (Å²) in [4.78, 5) is 30.9. The molecule has 2 aromatic carbocycles. The van der Waals surface area contributed by atoms with Gasteiger partial charge in [0.15, 0.2) is 0 Å². The van der Waals surface area contributed by atoms with Gasteiger partial charge in [0.1, 0.15) is 6.04 Å². The third-order valence-corrected chi connectivity index (χ3v) is 5.26. The fourth-order valence-corrected chi connectivity index (χ4v) is 3.43. The van der Waals surface area contributed by atoms with E-state index in [0.29, 0.717) is 12.8 Å². The van der Waals surface area contributed by atoms with Gasteiger partial charge in [-0.2, -0.15) is 0 Å². The molecule has 1 heterocycles. The summed E-state index contributed by atoms with van der Waals surface area (Å²) in [5, 5.41) is 9.99. The van der Waals surface area contributed by atoms with E-state index in [9.17, 15) is 9.59 Å². The highest BCUT2D eigenvalue weighted by Crippen LogP contribution is 2.21. The van der Waals surface area contributed by atoms with Gasteiger partial charge < -0.3 is 15.5 Å². The van der Waals surface area contributed by atoms with Gasteiger partial charge in [0, 0.05) is 24.4 Å². The summed E-state index contributed by atoms with van der Waals surface area (Å²) in [7, 11) is 0. The van der Waals surface area contributed by atoms with Crippen LogP contribution in [0.3, 0.4) is 0 Å². The Morgan fingerprint density at radius 3 is 2.55 bits per heavy atom. The topological polar surface area (TPSA) is 79.8 Å². The molecule has 0 aromatic heterocycles. The van der Waals surface area contributed by atoms with Crippen molar-refractivity contribution in [1.82, 2.24) is 10.6 Å². The lowest BCUT2D eigenvalue weighted by atomic mass is 9.99. The molecule has 0 radical (unpaired) electrons. The molecule has 4 rings (SSSR count). The maximum atomic E-state index is 12.8. The molecule has 6 nitrogen and oxygen atoms in total. The average Bonchev–Trinajstić information content (AvgIpc) is 3.40. The van der Waals surface area contributed by atoms with Crippen LogP contribution in [0.25, 0.3) is 0 Å². The minimum atomic E-state index is -0.725. The van der Waals surface area contributed by atoms with Crippen molar-refractivity contribution in [1.29, 1.82) is 0 Å². The van der Waals surface area contributed by atoms with Crippen molar-refractivity contribution < 1.29 is 14.4 Å². The van der Waals surface area contributed by atoms with Crippen LogP contribution in [0.1, 0.15) is 36.0 Å². The summed E-state index contributed by atoms with van der Waals surface area (Å²) in [6, 6.07) is 17.2. The summed E-state index contributed by atoms with van der Waals surface area (Å²) < 4.78 is 0. The average molecular weight is 391 g/mol. The van der Waals surface area contributed by atoms with Gasteiger partial charge in [-0.25, -0.2) is 0 Å². The molecule has 150 valence electrons. The predicted molar refractivity (Wildman–Crippen MR) is 110 cm³/mol. The number of carbonyl (C=O) groups is 2. The molecule has 2 N–H and O–H groups in total. The minimum absolute atomic E-state index is 0.150. The molecule has 1 aliphatic heterocycles. The van der Waals surface area contributed by atoms with Crippen LogP contribution in [0.4, 0.5) is 0 Å². The minimum Gasteiger partial charge on any atom is -0.382 e. The van der Waals surface area contributed by atoms with E-state index in [-0.39, 0.29) is 17.9 Å². The summed E-state index contributed by atoms with van der Waals surface area (Å²) in [5.74, 6) is -0.466.